The van der Waals surface area contributed by atoms with Crippen molar-refractivity contribution >= 4 is 68.0 Å². The molecule has 302 valence electrons. The van der Waals surface area contributed by atoms with E-state index in [1.165, 1.54) is 83.3 Å². The average molecular weight is 804 g/mol. The van der Waals surface area contributed by atoms with E-state index in [9.17, 15) is 0 Å². The molecule has 0 fully saturated rings. The molecular weight excluding hydrogens is 746 g/mol. The quantitative estimate of drug-likeness (QED) is 0.165. The SMILES string of the molecule is CC(C)(C)c1ccc(N2c3ccc(C(C)(C)C)cc3B3c4nc(C(C)(C)C)sc4N(c4c(-c5ccccc5)cccc4-c4ccccc4)c4cc(C(C)(C)C)cc2c43)cc1. The number of para-hydroxylation sites is 1. The third-order valence-corrected chi connectivity index (χ3v) is 13.9. The maximum atomic E-state index is 5.79. The molecule has 0 spiro atoms. The van der Waals surface area contributed by atoms with E-state index >= 15 is 0 Å². The normalized spacial score (nSPS) is 13.9. The van der Waals surface area contributed by atoms with Crippen LogP contribution in [0.1, 0.15) is 105 Å². The van der Waals surface area contributed by atoms with Crippen LogP contribution >= 0.6 is 11.3 Å². The Bertz CT molecular complexity index is 2680. The molecule has 9 rings (SSSR count). The van der Waals surface area contributed by atoms with Gasteiger partial charge in [0.05, 0.1) is 16.3 Å². The Balaban J connectivity index is 1.45. The molecule has 0 saturated carbocycles. The molecule has 0 unspecified atom stereocenters. The summed E-state index contributed by atoms with van der Waals surface area (Å²) in [6, 6.07) is 50.3. The lowest BCUT2D eigenvalue weighted by Gasteiger charge is -2.44. The molecule has 0 N–H and O–H groups in total. The topological polar surface area (TPSA) is 19.4 Å². The number of hydrogen-bond acceptors (Lipinski definition) is 4. The second-order valence-electron chi connectivity index (χ2n) is 21.0. The lowest BCUT2D eigenvalue weighted by molar-refractivity contribution is 0.586. The van der Waals surface area contributed by atoms with E-state index in [4.69, 9.17) is 4.98 Å². The van der Waals surface area contributed by atoms with E-state index in [1.54, 1.807) is 0 Å². The highest BCUT2D eigenvalue weighted by Gasteiger charge is 2.48. The largest absolute Gasteiger partial charge is 0.311 e. The summed E-state index contributed by atoms with van der Waals surface area (Å²) in [4.78, 5) is 11.0. The first-order chi connectivity index (χ1) is 28.3. The van der Waals surface area contributed by atoms with E-state index in [2.05, 4.69) is 226 Å². The Hall–Kier alpha value is -5.39. The van der Waals surface area contributed by atoms with Crippen LogP contribution in [0, 0.1) is 0 Å². The van der Waals surface area contributed by atoms with E-state index in [-0.39, 0.29) is 28.4 Å². The van der Waals surface area contributed by atoms with Crippen LogP contribution in [0.25, 0.3) is 22.3 Å². The van der Waals surface area contributed by atoms with Crippen LogP contribution in [0.3, 0.4) is 0 Å². The third-order valence-electron chi connectivity index (χ3n) is 12.4. The van der Waals surface area contributed by atoms with Gasteiger partial charge in [-0.15, -0.1) is 11.3 Å². The Morgan fingerprint density at radius 2 is 0.983 bits per heavy atom. The van der Waals surface area contributed by atoms with Crippen LogP contribution in [0.5, 0.6) is 0 Å². The zero-order valence-electron chi connectivity index (χ0n) is 37.5. The van der Waals surface area contributed by atoms with Crippen molar-refractivity contribution in [1.29, 1.82) is 0 Å². The molecule has 7 aromatic rings. The van der Waals surface area contributed by atoms with Crippen LogP contribution in [0.2, 0.25) is 0 Å². The summed E-state index contributed by atoms with van der Waals surface area (Å²) in [5.41, 5.74) is 18.2. The molecule has 3 heterocycles. The Kier molecular flexibility index (Phi) is 9.41. The van der Waals surface area contributed by atoms with E-state index in [0.717, 1.165) is 10.6 Å². The van der Waals surface area contributed by atoms with Crippen LogP contribution in [-0.2, 0) is 21.7 Å². The summed E-state index contributed by atoms with van der Waals surface area (Å²) in [5, 5.41) is 2.35. The minimum absolute atomic E-state index is 0.0329. The monoisotopic (exact) mass is 803 g/mol. The minimum atomic E-state index is -0.147. The minimum Gasteiger partial charge on any atom is -0.311 e. The fraction of sp³-hybridized carbons (Fsp3) is 0.291. The average Bonchev–Trinajstić information content (AvgIpc) is 3.66. The standard InChI is InChI=1S/C55H58BN3S/c1-52(2,3)37-26-29-40(30-27-37)58-44-31-28-38(53(4,5)6)32-43(44)56-47-45(58)33-39(54(7,8)9)34-46(47)59(50-49(56)57-51(60-50)55(10,11)12)48-41(35-20-15-13-16-21-35)24-19-25-42(48)36-22-17-14-18-23-36/h13-34H,1-12H3. The van der Waals surface area contributed by atoms with Gasteiger partial charge in [-0.2, -0.15) is 0 Å². The van der Waals surface area contributed by atoms with Crippen molar-refractivity contribution in [3.05, 3.63) is 155 Å². The summed E-state index contributed by atoms with van der Waals surface area (Å²) < 4.78 is 0. The highest BCUT2D eigenvalue weighted by Crippen LogP contribution is 2.52. The van der Waals surface area contributed by atoms with Crippen molar-refractivity contribution in [2.24, 2.45) is 0 Å². The van der Waals surface area contributed by atoms with Gasteiger partial charge in [-0.1, -0.05) is 186 Å². The van der Waals surface area contributed by atoms with Gasteiger partial charge in [0.1, 0.15) is 5.00 Å². The lowest BCUT2D eigenvalue weighted by Crippen LogP contribution is -2.62. The number of rotatable bonds is 4. The van der Waals surface area contributed by atoms with E-state index < -0.39 is 0 Å². The molecule has 6 aromatic carbocycles. The van der Waals surface area contributed by atoms with Crippen LogP contribution in [0.4, 0.5) is 33.4 Å². The van der Waals surface area contributed by atoms with Gasteiger partial charge in [-0.3, -0.25) is 4.98 Å². The number of benzene rings is 6. The van der Waals surface area contributed by atoms with Gasteiger partial charge in [0.2, 0.25) is 0 Å². The van der Waals surface area contributed by atoms with Gasteiger partial charge in [-0.05, 0) is 85.3 Å². The Morgan fingerprint density at radius 1 is 0.467 bits per heavy atom. The van der Waals surface area contributed by atoms with Gasteiger partial charge >= 0.3 is 0 Å². The number of anilines is 6. The molecule has 0 atom stereocenters. The fourth-order valence-electron chi connectivity index (χ4n) is 8.95. The molecule has 0 saturated heterocycles. The molecule has 0 amide bonds. The third kappa shape index (κ3) is 6.80. The molecule has 2 aliphatic heterocycles. The van der Waals surface area contributed by atoms with Crippen LogP contribution < -0.4 is 26.3 Å². The number of thiazole rings is 1. The fourth-order valence-corrected chi connectivity index (χ4v) is 10.1. The molecule has 0 bridgehead atoms. The first-order valence-corrected chi connectivity index (χ1v) is 22.4. The zero-order valence-corrected chi connectivity index (χ0v) is 38.3. The molecule has 5 heteroatoms. The molecule has 0 aliphatic carbocycles. The Labute approximate surface area is 363 Å². The van der Waals surface area contributed by atoms with Crippen molar-refractivity contribution in [1.82, 2.24) is 4.98 Å². The summed E-state index contributed by atoms with van der Waals surface area (Å²) in [7, 11) is 0. The molecular formula is C55H58BN3S. The van der Waals surface area contributed by atoms with E-state index in [1.807, 2.05) is 11.3 Å². The van der Waals surface area contributed by atoms with Gasteiger partial charge in [0, 0.05) is 39.3 Å². The van der Waals surface area contributed by atoms with Crippen LogP contribution in [-0.4, -0.2) is 11.7 Å². The number of nitrogens with zero attached hydrogens (tertiary/aromatic N) is 3. The second-order valence-corrected chi connectivity index (χ2v) is 22.0. The predicted molar refractivity (Wildman–Crippen MR) is 262 cm³/mol. The highest BCUT2D eigenvalue weighted by atomic mass is 32.1. The molecule has 2 aliphatic rings. The second kappa shape index (κ2) is 14.1. The predicted octanol–water partition coefficient (Wildman–Crippen LogP) is 13.7. The maximum Gasteiger partial charge on any atom is 0.276 e. The number of aromatic nitrogens is 1. The molecule has 1 aromatic heterocycles. The molecule has 60 heavy (non-hydrogen) atoms. The zero-order chi connectivity index (χ0) is 42.5. The molecule has 3 nitrogen and oxygen atoms in total. The Morgan fingerprint density at radius 3 is 1.50 bits per heavy atom. The van der Waals surface area contributed by atoms with Crippen molar-refractivity contribution < 1.29 is 0 Å². The molecule has 0 radical (unpaired) electrons. The summed E-state index contributed by atoms with van der Waals surface area (Å²) in [6.07, 6.45) is 0. The van der Waals surface area contributed by atoms with Crippen molar-refractivity contribution in [2.75, 3.05) is 9.80 Å². The van der Waals surface area contributed by atoms with Gasteiger partial charge in [0.25, 0.3) is 6.71 Å². The summed E-state index contributed by atoms with van der Waals surface area (Å²) in [6.45, 7) is 27.8. The highest BCUT2D eigenvalue weighted by molar-refractivity contribution is 7.19. The summed E-state index contributed by atoms with van der Waals surface area (Å²) >= 11 is 1.87. The lowest BCUT2D eigenvalue weighted by atomic mass is 9.35. The van der Waals surface area contributed by atoms with Crippen molar-refractivity contribution in [3.8, 4) is 22.3 Å². The van der Waals surface area contributed by atoms with Crippen molar-refractivity contribution in [2.45, 2.75) is 105 Å². The number of hydrogen-bond donors (Lipinski definition) is 0. The maximum absolute atomic E-state index is 5.79. The van der Waals surface area contributed by atoms with Gasteiger partial charge < -0.3 is 9.80 Å². The van der Waals surface area contributed by atoms with Gasteiger partial charge in [-0.25, -0.2) is 0 Å². The van der Waals surface area contributed by atoms with Gasteiger partial charge in [0.15, 0.2) is 0 Å². The summed E-state index contributed by atoms with van der Waals surface area (Å²) in [5.74, 6) is 0. The van der Waals surface area contributed by atoms with Crippen LogP contribution in [0.15, 0.2) is 133 Å². The number of fused-ring (bicyclic) bond motifs is 4. The first-order valence-electron chi connectivity index (χ1n) is 21.6. The van der Waals surface area contributed by atoms with Crippen molar-refractivity contribution in [3.63, 3.8) is 0 Å². The van der Waals surface area contributed by atoms with E-state index in [0.29, 0.717) is 0 Å². The smallest absolute Gasteiger partial charge is 0.276 e. The first kappa shape index (κ1) is 40.0.